The molecule has 2 aromatic carbocycles. The topological polar surface area (TPSA) is 58.6 Å². The van der Waals surface area contributed by atoms with E-state index in [1.54, 1.807) is 48.7 Å². The van der Waals surface area contributed by atoms with Gasteiger partial charge in [-0.15, -0.1) is 0 Å². The molecular formula is C21H24N2O3. The molecule has 26 heavy (non-hydrogen) atoms. The van der Waals surface area contributed by atoms with Crippen LogP contribution in [0.5, 0.6) is 0 Å². The molecule has 0 aliphatic heterocycles. The molecule has 5 nitrogen and oxygen atoms in total. The van der Waals surface area contributed by atoms with Gasteiger partial charge in [-0.05, 0) is 56.9 Å². The van der Waals surface area contributed by atoms with Crippen molar-refractivity contribution >= 4 is 18.0 Å². The summed E-state index contributed by atoms with van der Waals surface area (Å²) in [6.45, 7) is 3.02. The fourth-order valence-electron chi connectivity index (χ4n) is 2.14. The third-order valence-electron chi connectivity index (χ3n) is 3.72. The summed E-state index contributed by atoms with van der Waals surface area (Å²) in [5.74, 6) is -0.502. The number of ether oxygens (including phenoxy) is 1. The highest BCUT2D eigenvalue weighted by Gasteiger charge is 2.06. The Bertz CT molecular complexity index is 763. The highest BCUT2D eigenvalue weighted by atomic mass is 16.5. The second-order valence-electron chi connectivity index (χ2n) is 6.23. The van der Waals surface area contributed by atoms with Crippen LogP contribution in [0, 0.1) is 6.92 Å². The molecule has 0 spiro atoms. The van der Waals surface area contributed by atoms with E-state index in [0.717, 1.165) is 11.1 Å². The standard InChI is InChI=1S/C21H24N2O3/c1-16-4-8-18(9-5-16)20(24)22-13-12-17-6-10-19(11-7-17)21(25)26-15-14-23(2)3/h4-13H,14-15H2,1-3H3,(H,22,24)/b13-12+. The summed E-state index contributed by atoms with van der Waals surface area (Å²) < 4.78 is 5.19. The van der Waals surface area contributed by atoms with Crippen LogP contribution in [0.3, 0.4) is 0 Å². The van der Waals surface area contributed by atoms with E-state index in [9.17, 15) is 9.59 Å². The van der Waals surface area contributed by atoms with Gasteiger partial charge in [-0.1, -0.05) is 29.8 Å². The van der Waals surface area contributed by atoms with E-state index >= 15 is 0 Å². The zero-order valence-electron chi connectivity index (χ0n) is 15.4. The van der Waals surface area contributed by atoms with E-state index in [-0.39, 0.29) is 11.9 Å². The maximum absolute atomic E-state index is 12.0. The van der Waals surface area contributed by atoms with Crippen LogP contribution < -0.4 is 5.32 Å². The smallest absolute Gasteiger partial charge is 0.338 e. The number of rotatable bonds is 7. The molecular weight excluding hydrogens is 328 g/mol. The number of carbonyl (C=O) groups excluding carboxylic acids is 2. The van der Waals surface area contributed by atoms with E-state index in [4.69, 9.17) is 4.74 Å². The maximum Gasteiger partial charge on any atom is 0.338 e. The summed E-state index contributed by atoms with van der Waals surface area (Å²) in [6.07, 6.45) is 3.36. The first-order valence-electron chi connectivity index (χ1n) is 8.42. The average Bonchev–Trinajstić information content (AvgIpc) is 2.62. The molecule has 1 N–H and O–H groups in total. The summed E-state index contributed by atoms with van der Waals surface area (Å²) >= 11 is 0. The molecule has 2 aromatic rings. The molecule has 0 radical (unpaired) electrons. The molecule has 0 aliphatic rings. The van der Waals surface area contributed by atoms with Crippen molar-refractivity contribution in [2.45, 2.75) is 6.92 Å². The first-order valence-corrected chi connectivity index (χ1v) is 8.42. The lowest BCUT2D eigenvalue weighted by molar-refractivity contribution is 0.0481. The van der Waals surface area contributed by atoms with Gasteiger partial charge in [-0.2, -0.15) is 0 Å². The highest BCUT2D eigenvalue weighted by molar-refractivity contribution is 5.95. The number of nitrogens with zero attached hydrogens (tertiary/aromatic N) is 1. The molecule has 0 saturated carbocycles. The molecule has 0 bridgehead atoms. The van der Waals surface area contributed by atoms with Gasteiger partial charge in [-0.25, -0.2) is 4.79 Å². The lowest BCUT2D eigenvalue weighted by Crippen LogP contribution is -2.20. The number of amides is 1. The fourth-order valence-corrected chi connectivity index (χ4v) is 2.14. The van der Waals surface area contributed by atoms with Gasteiger partial charge in [0.1, 0.15) is 6.61 Å². The molecule has 0 saturated heterocycles. The third kappa shape index (κ3) is 6.18. The van der Waals surface area contributed by atoms with Crippen molar-refractivity contribution in [3.05, 3.63) is 77.0 Å². The quantitative estimate of drug-likeness (QED) is 0.778. The summed E-state index contributed by atoms with van der Waals surface area (Å²) in [4.78, 5) is 25.9. The average molecular weight is 352 g/mol. The zero-order valence-corrected chi connectivity index (χ0v) is 15.4. The van der Waals surface area contributed by atoms with Gasteiger partial charge in [0, 0.05) is 18.3 Å². The molecule has 0 heterocycles. The predicted molar refractivity (Wildman–Crippen MR) is 103 cm³/mol. The van der Waals surface area contributed by atoms with Crippen molar-refractivity contribution in [2.75, 3.05) is 27.2 Å². The van der Waals surface area contributed by atoms with Crippen LogP contribution in [0.25, 0.3) is 6.08 Å². The molecule has 0 atom stereocenters. The molecule has 136 valence electrons. The molecule has 0 aromatic heterocycles. The largest absolute Gasteiger partial charge is 0.461 e. The van der Waals surface area contributed by atoms with Crippen molar-refractivity contribution in [3.8, 4) is 0 Å². The number of aryl methyl sites for hydroxylation is 1. The normalized spacial score (nSPS) is 10.9. The molecule has 0 fully saturated rings. The minimum absolute atomic E-state index is 0.164. The number of benzene rings is 2. The van der Waals surface area contributed by atoms with Crippen LogP contribution in [-0.2, 0) is 4.74 Å². The molecule has 0 unspecified atom stereocenters. The van der Waals surface area contributed by atoms with Crippen LogP contribution in [0.2, 0.25) is 0 Å². The lowest BCUT2D eigenvalue weighted by atomic mass is 10.1. The molecule has 1 amide bonds. The zero-order chi connectivity index (χ0) is 18.9. The number of hydrogen-bond donors (Lipinski definition) is 1. The molecule has 5 heteroatoms. The van der Waals surface area contributed by atoms with Crippen molar-refractivity contribution in [1.29, 1.82) is 0 Å². The van der Waals surface area contributed by atoms with Gasteiger partial charge in [-0.3, -0.25) is 4.79 Å². The minimum Gasteiger partial charge on any atom is -0.461 e. The molecule has 2 rings (SSSR count). The van der Waals surface area contributed by atoms with Crippen LogP contribution in [0.4, 0.5) is 0 Å². The second-order valence-corrected chi connectivity index (χ2v) is 6.23. The third-order valence-corrected chi connectivity index (χ3v) is 3.72. The second kappa shape index (κ2) is 9.53. The Balaban J connectivity index is 1.86. The monoisotopic (exact) mass is 352 g/mol. The summed E-state index contributed by atoms with van der Waals surface area (Å²) in [7, 11) is 3.85. The maximum atomic E-state index is 12.0. The van der Waals surface area contributed by atoms with Crippen molar-refractivity contribution in [2.24, 2.45) is 0 Å². The number of hydrogen-bond acceptors (Lipinski definition) is 4. The van der Waals surface area contributed by atoms with Crippen molar-refractivity contribution in [1.82, 2.24) is 10.2 Å². The SMILES string of the molecule is Cc1ccc(C(=O)N/C=C/c2ccc(C(=O)OCCN(C)C)cc2)cc1. The van der Waals surface area contributed by atoms with Crippen LogP contribution in [0.1, 0.15) is 31.8 Å². The number of carbonyl (C=O) groups is 2. The van der Waals surface area contributed by atoms with E-state index in [1.165, 1.54) is 0 Å². The van der Waals surface area contributed by atoms with E-state index in [0.29, 0.717) is 24.3 Å². The Morgan fingerprint density at radius 3 is 2.23 bits per heavy atom. The van der Waals surface area contributed by atoms with Crippen molar-refractivity contribution in [3.63, 3.8) is 0 Å². The fraction of sp³-hybridized carbons (Fsp3) is 0.238. The number of nitrogens with one attached hydrogen (secondary N) is 1. The van der Waals surface area contributed by atoms with E-state index < -0.39 is 0 Å². The summed E-state index contributed by atoms with van der Waals surface area (Å²) in [5, 5.41) is 2.73. The van der Waals surface area contributed by atoms with Crippen molar-refractivity contribution < 1.29 is 14.3 Å². The van der Waals surface area contributed by atoms with Crippen LogP contribution in [-0.4, -0.2) is 44.0 Å². The Labute approximate surface area is 154 Å². The van der Waals surface area contributed by atoms with Crippen LogP contribution >= 0.6 is 0 Å². The lowest BCUT2D eigenvalue weighted by Gasteiger charge is -2.09. The minimum atomic E-state index is -0.338. The van der Waals surface area contributed by atoms with E-state index in [1.807, 2.05) is 38.1 Å². The first-order chi connectivity index (χ1) is 12.5. The first kappa shape index (κ1) is 19.4. The van der Waals surface area contributed by atoms with Gasteiger partial charge in [0.25, 0.3) is 5.91 Å². The van der Waals surface area contributed by atoms with Gasteiger partial charge in [0.15, 0.2) is 0 Å². The Hall–Kier alpha value is -2.92. The Morgan fingerprint density at radius 2 is 1.62 bits per heavy atom. The number of esters is 1. The summed E-state index contributed by atoms with van der Waals surface area (Å²) in [6, 6.07) is 14.4. The number of likely N-dealkylation sites (N-methyl/N-ethyl adjacent to an activating group) is 1. The Kier molecular flexibility index (Phi) is 7.12. The van der Waals surface area contributed by atoms with E-state index in [2.05, 4.69) is 5.32 Å². The molecule has 0 aliphatic carbocycles. The van der Waals surface area contributed by atoms with Gasteiger partial charge in [0.05, 0.1) is 5.56 Å². The van der Waals surface area contributed by atoms with Gasteiger partial charge >= 0.3 is 5.97 Å². The highest BCUT2D eigenvalue weighted by Crippen LogP contribution is 2.08. The predicted octanol–water partition coefficient (Wildman–Crippen LogP) is 3.11. The Morgan fingerprint density at radius 1 is 1.00 bits per heavy atom. The van der Waals surface area contributed by atoms with Gasteiger partial charge in [0.2, 0.25) is 0 Å². The van der Waals surface area contributed by atoms with Crippen LogP contribution in [0.15, 0.2) is 54.7 Å². The summed E-state index contributed by atoms with van der Waals surface area (Å²) in [5.41, 5.74) is 3.09. The van der Waals surface area contributed by atoms with Gasteiger partial charge < -0.3 is 15.0 Å².